The van der Waals surface area contributed by atoms with Crippen LogP contribution in [0, 0.1) is 18.3 Å². The number of aromatic nitrogens is 2. The van der Waals surface area contributed by atoms with Crippen LogP contribution in [0.5, 0.6) is 0 Å². The number of hydrogen-bond acceptors (Lipinski definition) is 4. The van der Waals surface area contributed by atoms with Gasteiger partial charge in [0.15, 0.2) is 5.82 Å². The molecule has 0 aliphatic heterocycles. The quantitative estimate of drug-likeness (QED) is 0.805. The molecule has 0 radical (unpaired) electrons. The maximum Gasteiger partial charge on any atom is 0.150 e. The van der Waals surface area contributed by atoms with Crippen molar-refractivity contribution in [1.82, 2.24) is 9.97 Å². The van der Waals surface area contributed by atoms with Gasteiger partial charge in [-0.05, 0) is 19.1 Å². The highest BCUT2D eigenvalue weighted by molar-refractivity contribution is 5.76. The summed E-state index contributed by atoms with van der Waals surface area (Å²) in [5.74, 6) is 0.846. The van der Waals surface area contributed by atoms with Gasteiger partial charge in [0.2, 0.25) is 0 Å². The number of rotatable bonds is 3. The minimum atomic E-state index is 0.491. The highest BCUT2D eigenvalue weighted by atomic mass is 15.2. The third kappa shape index (κ3) is 2.34. The summed E-state index contributed by atoms with van der Waals surface area (Å²) >= 11 is 0. The van der Waals surface area contributed by atoms with Crippen LogP contribution in [0.3, 0.4) is 0 Å². The second-order valence-corrected chi connectivity index (χ2v) is 3.95. The Balaban J connectivity index is 2.40. The Morgan fingerprint density at radius 3 is 2.53 bits per heavy atom. The fourth-order valence-corrected chi connectivity index (χ4v) is 1.76. The van der Waals surface area contributed by atoms with E-state index in [1.54, 1.807) is 0 Å². The highest BCUT2D eigenvalue weighted by Gasteiger charge is 2.08. The van der Waals surface area contributed by atoms with E-state index in [2.05, 4.69) is 16.0 Å². The second kappa shape index (κ2) is 4.79. The molecule has 0 aliphatic carbocycles. The molecule has 4 heteroatoms. The third-order valence-corrected chi connectivity index (χ3v) is 2.64. The Bertz CT molecular complexity index is 571. The molecule has 1 aromatic heterocycles. The lowest BCUT2D eigenvalue weighted by molar-refractivity contribution is 0.876. The van der Waals surface area contributed by atoms with E-state index < -0.39 is 0 Å². The molecule has 0 saturated heterocycles. The van der Waals surface area contributed by atoms with Crippen molar-refractivity contribution < 1.29 is 0 Å². The summed E-state index contributed by atoms with van der Waals surface area (Å²) in [7, 11) is 1.93. The molecule has 0 amide bonds. The Hall–Kier alpha value is -2.15. The lowest BCUT2D eigenvalue weighted by Crippen LogP contribution is -2.21. The number of para-hydroxylation sites is 2. The lowest BCUT2D eigenvalue weighted by atomic mass is 10.3. The van der Waals surface area contributed by atoms with Gasteiger partial charge in [0.25, 0.3) is 0 Å². The van der Waals surface area contributed by atoms with Crippen molar-refractivity contribution in [3.05, 3.63) is 30.0 Å². The fraction of sp³-hybridized carbons (Fsp3) is 0.308. The summed E-state index contributed by atoms with van der Waals surface area (Å²) < 4.78 is 0. The van der Waals surface area contributed by atoms with E-state index in [1.165, 1.54) is 0 Å². The first-order chi connectivity index (χ1) is 8.22. The Morgan fingerprint density at radius 1 is 1.24 bits per heavy atom. The summed E-state index contributed by atoms with van der Waals surface area (Å²) in [6.07, 6.45) is 0.491. The monoisotopic (exact) mass is 226 g/mol. The molecule has 0 aliphatic rings. The fourth-order valence-electron chi connectivity index (χ4n) is 1.76. The third-order valence-electron chi connectivity index (χ3n) is 2.64. The van der Waals surface area contributed by atoms with Crippen molar-refractivity contribution in [2.45, 2.75) is 13.3 Å². The highest BCUT2D eigenvalue weighted by Crippen LogP contribution is 2.18. The van der Waals surface area contributed by atoms with Crippen LogP contribution in [-0.4, -0.2) is 23.6 Å². The van der Waals surface area contributed by atoms with E-state index in [-0.39, 0.29) is 0 Å². The van der Waals surface area contributed by atoms with Crippen molar-refractivity contribution in [1.29, 1.82) is 5.26 Å². The van der Waals surface area contributed by atoms with Crippen molar-refractivity contribution in [2.75, 3.05) is 18.5 Å². The number of fused-ring (bicyclic) bond motifs is 1. The molecule has 2 rings (SSSR count). The molecular weight excluding hydrogens is 212 g/mol. The summed E-state index contributed by atoms with van der Waals surface area (Å²) in [5.41, 5.74) is 2.68. The minimum Gasteiger partial charge on any atom is -0.357 e. The van der Waals surface area contributed by atoms with E-state index in [0.29, 0.717) is 13.0 Å². The van der Waals surface area contributed by atoms with Gasteiger partial charge in [-0.3, -0.25) is 0 Å². The molecule has 0 unspecified atom stereocenters. The van der Waals surface area contributed by atoms with Gasteiger partial charge in [0.05, 0.1) is 29.2 Å². The molecule has 0 bridgehead atoms. The molecule has 17 heavy (non-hydrogen) atoms. The molecule has 1 aromatic carbocycles. The van der Waals surface area contributed by atoms with Crippen LogP contribution < -0.4 is 4.90 Å². The topological polar surface area (TPSA) is 52.8 Å². The number of nitriles is 1. The zero-order valence-corrected chi connectivity index (χ0v) is 10.0. The number of hydrogen-bond donors (Lipinski definition) is 0. The normalized spacial score (nSPS) is 10.2. The first-order valence-corrected chi connectivity index (χ1v) is 5.54. The number of anilines is 1. The van der Waals surface area contributed by atoms with Gasteiger partial charge in [-0.1, -0.05) is 12.1 Å². The summed E-state index contributed by atoms with van der Waals surface area (Å²) in [6, 6.07) is 9.94. The SMILES string of the molecule is Cc1nc2ccccc2nc1N(C)CCC#N. The van der Waals surface area contributed by atoms with Gasteiger partial charge < -0.3 is 4.90 Å². The van der Waals surface area contributed by atoms with E-state index >= 15 is 0 Å². The Labute approximate surface area is 101 Å². The molecule has 0 saturated carbocycles. The van der Waals surface area contributed by atoms with Gasteiger partial charge in [-0.25, -0.2) is 9.97 Å². The molecule has 2 aromatic rings. The van der Waals surface area contributed by atoms with Crippen molar-refractivity contribution in [2.24, 2.45) is 0 Å². The largest absolute Gasteiger partial charge is 0.357 e. The Morgan fingerprint density at radius 2 is 1.88 bits per heavy atom. The van der Waals surface area contributed by atoms with E-state index in [1.807, 2.05) is 43.1 Å². The van der Waals surface area contributed by atoms with Gasteiger partial charge in [-0.15, -0.1) is 0 Å². The number of aryl methyl sites for hydroxylation is 1. The van der Waals surface area contributed by atoms with E-state index in [0.717, 1.165) is 22.5 Å². The van der Waals surface area contributed by atoms with Crippen LogP contribution in [0.15, 0.2) is 24.3 Å². The molecular formula is C13H14N4. The molecule has 0 fully saturated rings. The smallest absolute Gasteiger partial charge is 0.150 e. The van der Waals surface area contributed by atoms with Crippen LogP contribution >= 0.6 is 0 Å². The number of benzene rings is 1. The average molecular weight is 226 g/mol. The summed E-state index contributed by atoms with van der Waals surface area (Å²) in [4.78, 5) is 11.1. The predicted octanol–water partition coefficient (Wildman–Crippen LogP) is 2.29. The second-order valence-electron chi connectivity index (χ2n) is 3.95. The van der Waals surface area contributed by atoms with Gasteiger partial charge in [0.1, 0.15) is 0 Å². The zero-order chi connectivity index (χ0) is 12.3. The summed E-state index contributed by atoms with van der Waals surface area (Å²) in [5, 5.41) is 8.59. The molecule has 1 heterocycles. The van der Waals surface area contributed by atoms with Gasteiger partial charge in [-0.2, -0.15) is 5.26 Å². The molecule has 4 nitrogen and oxygen atoms in total. The minimum absolute atomic E-state index is 0.491. The summed E-state index contributed by atoms with van der Waals surface area (Å²) in [6.45, 7) is 2.61. The zero-order valence-electron chi connectivity index (χ0n) is 10.0. The maximum absolute atomic E-state index is 8.59. The Kier molecular flexibility index (Phi) is 3.20. The van der Waals surface area contributed by atoms with Crippen molar-refractivity contribution in [3.8, 4) is 6.07 Å². The van der Waals surface area contributed by atoms with Crippen molar-refractivity contribution >= 4 is 16.9 Å². The van der Waals surface area contributed by atoms with Gasteiger partial charge >= 0.3 is 0 Å². The molecule has 0 atom stereocenters. The van der Waals surface area contributed by atoms with Crippen LogP contribution in [-0.2, 0) is 0 Å². The molecule has 0 spiro atoms. The van der Waals surface area contributed by atoms with Crippen molar-refractivity contribution in [3.63, 3.8) is 0 Å². The van der Waals surface area contributed by atoms with E-state index in [9.17, 15) is 0 Å². The first-order valence-electron chi connectivity index (χ1n) is 5.54. The van der Waals surface area contributed by atoms with E-state index in [4.69, 9.17) is 5.26 Å². The van der Waals surface area contributed by atoms with Crippen LogP contribution in [0.25, 0.3) is 11.0 Å². The lowest BCUT2D eigenvalue weighted by Gasteiger charge is -2.18. The predicted molar refractivity (Wildman–Crippen MR) is 67.8 cm³/mol. The molecule has 0 N–H and O–H groups in total. The van der Waals surface area contributed by atoms with Crippen LogP contribution in [0.2, 0.25) is 0 Å². The number of nitrogens with zero attached hydrogens (tertiary/aromatic N) is 4. The van der Waals surface area contributed by atoms with Gasteiger partial charge in [0, 0.05) is 13.6 Å². The first kappa shape index (κ1) is 11.3. The van der Waals surface area contributed by atoms with Crippen LogP contribution in [0.1, 0.15) is 12.1 Å². The standard InChI is InChI=1S/C13H14N4/c1-10-13(17(2)9-5-8-14)16-12-7-4-3-6-11(12)15-10/h3-4,6-7H,5,9H2,1-2H3. The average Bonchev–Trinajstić information content (AvgIpc) is 2.35. The molecule has 86 valence electrons. The maximum atomic E-state index is 8.59. The van der Waals surface area contributed by atoms with Crippen LogP contribution in [0.4, 0.5) is 5.82 Å².